The lowest BCUT2D eigenvalue weighted by atomic mass is 10.2. The number of halogens is 2. The number of hydrogen-bond donors (Lipinski definition) is 1. The molecule has 0 aliphatic heterocycles. The van der Waals surface area contributed by atoms with Crippen molar-refractivity contribution in [3.8, 4) is 0 Å². The number of rotatable bonds is 6. The highest BCUT2D eigenvalue weighted by molar-refractivity contribution is 9.10. The highest BCUT2D eigenvalue weighted by atomic mass is 79.9. The van der Waals surface area contributed by atoms with Crippen LogP contribution in [0.25, 0.3) is 0 Å². The summed E-state index contributed by atoms with van der Waals surface area (Å²) in [5, 5.41) is 3.39. The first-order chi connectivity index (χ1) is 9.69. The third-order valence-electron chi connectivity index (χ3n) is 2.82. The van der Waals surface area contributed by atoms with E-state index in [-0.39, 0.29) is 5.82 Å². The second-order valence-electron chi connectivity index (χ2n) is 4.49. The average molecular weight is 354 g/mol. The van der Waals surface area contributed by atoms with Crippen molar-refractivity contribution in [3.05, 3.63) is 58.3 Å². The largest absolute Gasteiger partial charge is 0.313 e. The Morgan fingerprint density at radius 2 is 1.80 bits per heavy atom. The van der Waals surface area contributed by atoms with Crippen LogP contribution in [-0.4, -0.2) is 6.54 Å². The summed E-state index contributed by atoms with van der Waals surface area (Å²) in [6.45, 7) is 4.05. The van der Waals surface area contributed by atoms with Crippen molar-refractivity contribution < 1.29 is 4.39 Å². The Morgan fingerprint density at radius 1 is 1.10 bits per heavy atom. The van der Waals surface area contributed by atoms with Crippen LogP contribution in [0.1, 0.15) is 18.9 Å². The first kappa shape index (κ1) is 15.5. The molecule has 0 heterocycles. The van der Waals surface area contributed by atoms with Gasteiger partial charge < -0.3 is 5.32 Å². The van der Waals surface area contributed by atoms with Gasteiger partial charge in [0.15, 0.2) is 0 Å². The van der Waals surface area contributed by atoms with Gasteiger partial charge in [-0.3, -0.25) is 0 Å². The summed E-state index contributed by atoms with van der Waals surface area (Å²) in [4.78, 5) is 2.18. The van der Waals surface area contributed by atoms with E-state index in [0.29, 0.717) is 0 Å². The van der Waals surface area contributed by atoms with E-state index < -0.39 is 0 Å². The Hall–Kier alpha value is -0.840. The zero-order chi connectivity index (χ0) is 14.4. The monoisotopic (exact) mass is 353 g/mol. The molecule has 0 saturated heterocycles. The third-order valence-corrected chi connectivity index (χ3v) is 4.55. The molecule has 1 nitrogen and oxygen atoms in total. The predicted molar refractivity (Wildman–Crippen MR) is 86.7 cm³/mol. The number of hydrogen-bond acceptors (Lipinski definition) is 2. The zero-order valence-electron chi connectivity index (χ0n) is 11.3. The Morgan fingerprint density at radius 3 is 2.45 bits per heavy atom. The van der Waals surface area contributed by atoms with Crippen molar-refractivity contribution in [3.63, 3.8) is 0 Å². The quantitative estimate of drug-likeness (QED) is 0.712. The smallest absolute Gasteiger partial charge is 0.123 e. The van der Waals surface area contributed by atoms with E-state index >= 15 is 0 Å². The van der Waals surface area contributed by atoms with Crippen LogP contribution >= 0.6 is 27.7 Å². The lowest BCUT2D eigenvalue weighted by Gasteiger charge is -2.08. The molecule has 2 aromatic rings. The Labute approximate surface area is 132 Å². The van der Waals surface area contributed by atoms with Crippen LogP contribution < -0.4 is 5.32 Å². The second kappa shape index (κ2) is 7.81. The summed E-state index contributed by atoms with van der Waals surface area (Å²) in [5.74, 6) is -0.201. The zero-order valence-corrected chi connectivity index (χ0v) is 13.7. The summed E-state index contributed by atoms with van der Waals surface area (Å²) in [6, 6.07) is 12.9. The Bertz CT molecular complexity index is 557. The molecule has 0 spiro atoms. The van der Waals surface area contributed by atoms with Crippen molar-refractivity contribution in [1.29, 1.82) is 0 Å². The molecule has 1 N–H and O–H groups in total. The average Bonchev–Trinajstić information content (AvgIpc) is 2.44. The number of nitrogens with one attached hydrogen (secondary N) is 1. The molecule has 2 rings (SSSR count). The van der Waals surface area contributed by atoms with Crippen LogP contribution in [0.3, 0.4) is 0 Å². The molecule has 0 aliphatic carbocycles. The molecule has 0 aromatic heterocycles. The second-order valence-corrected chi connectivity index (χ2v) is 6.49. The SMILES string of the molecule is CCCNCc1ccc(Sc2ccc(F)cc2)cc1Br. The highest BCUT2D eigenvalue weighted by Crippen LogP contribution is 2.31. The number of benzene rings is 2. The molecule has 20 heavy (non-hydrogen) atoms. The van der Waals surface area contributed by atoms with E-state index in [1.807, 2.05) is 0 Å². The van der Waals surface area contributed by atoms with Gasteiger partial charge in [0.05, 0.1) is 0 Å². The summed E-state index contributed by atoms with van der Waals surface area (Å²) in [6.07, 6.45) is 1.14. The van der Waals surface area contributed by atoms with Gasteiger partial charge in [-0.1, -0.05) is 40.7 Å². The lowest BCUT2D eigenvalue weighted by Crippen LogP contribution is -2.14. The van der Waals surface area contributed by atoms with Gasteiger partial charge in [-0.25, -0.2) is 4.39 Å². The van der Waals surface area contributed by atoms with Gasteiger partial charge in [-0.2, -0.15) is 0 Å². The van der Waals surface area contributed by atoms with Gasteiger partial charge in [0, 0.05) is 20.8 Å². The van der Waals surface area contributed by atoms with Crippen molar-refractivity contribution in [2.75, 3.05) is 6.54 Å². The molecule has 0 bridgehead atoms. The molecule has 0 radical (unpaired) electrons. The van der Waals surface area contributed by atoms with Gasteiger partial charge >= 0.3 is 0 Å². The van der Waals surface area contributed by atoms with Crippen molar-refractivity contribution >= 4 is 27.7 Å². The van der Waals surface area contributed by atoms with Crippen LogP contribution in [0.5, 0.6) is 0 Å². The van der Waals surface area contributed by atoms with Crippen LogP contribution in [0.4, 0.5) is 4.39 Å². The summed E-state index contributed by atoms with van der Waals surface area (Å²) >= 11 is 5.24. The summed E-state index contributed by atoms with van der Waals surface area (Å²) < 4.78 is 14.0. The fourth-order valence-electron chi connectivity index (χ4n) is 1.77. The molecule has 0 unspecified atom stereocenters. The van der Waals surface area contributed by atoms with Gasteiger partial charge in [0.2, 0.25) is 0 Å². The third kappa shape index (κ3) is 4.62. The fourth-order valence-corrected chi connectivity index (χ4v) is 3.30. The molecule has 106 valence electrons. The maximum absolute atomic E-state index is 12.9. The van der Waals surface area contributed by atoms with Crippen LogP contribution in [0.15, 0.2) is 56.7 Å². The maximum Gasteiger partial charge on any atom is 0.123 e. The maximum atomic E-state index is 12.9. The Kier molecular flexibility index (Phi) is 6.07. The molecule has 0 aliphatic rings. The van der Waals surface area contributed by atoms with Gasteiger partial charge in [-0.05, 0) is 54.9 Å². The first-order valence-corrected chi connectivity index (χ1v) is 8.22. The van der Waals surface area contributed by atoms with Crippen molar-refractivity contribution in [2.45, 2.75) is 29.7 Å². The Balaban J connectivity index is 2.03. The van der Waals surface area contributed by atoms with Crippen molar-refractivity contribution in [1.82, 2.24) is 5.32 Å². The predicted octanol–water partition coefficient (Wildman–Crippen LogP) is 5.24. The van der Waals surface area contributed by atoms with Crippen LogP contribution in [0.2, 0.25) is 0 Å². The molecule has 2 aromatic carbocycles. The van der Waals surface area contributed by atoms with E-state index in [1.54, 1.807) is 23.9 Å². The topological polar surface area (TPSA) is 12.0 Å². The minimum absolute atomic E-state index is 0.201. The fraction of sp³-hybridized carbons (Fsp3) is 0.250. The molecule has 4 heteroatoms. The summed E-state index contributed by atoms with van der Waals surface area (Å²) in [7, 11) is 0. The summed E-state index contributed by atoms with van der Waals surface area (Å²) in [5.41, 5.74) is 1.25. The molecular weight excluding hydrogens is 337 g/mol. The molecule has 0 fully saturated rings. The van der Waals surface area contributed by atoms with Gasteiger partial charge in [-0.15, -0.1) is 0 Å². The standard InChI is InChI=1S/C16H17BrFNS/c1-2-9-19-11-12-3-6-15(10-16(12)17)20-14-7-4-13(18)5-8-14/h3-8,10,19H,2,9,11H2,1H3. The minimum Gasteiger partial charge on any atom is -0.313 e. The van der Waals surface area contributed by atoms with Crippen molar-refractivity contribution in [2.24, 2.45) is 0 Å². The minimum atomic E-state index is -0.201. The molecule has 0 atom stereocenters. The van der Waals surface area contributed by atoms with Gasteiger partial charge in [0.1, 0.15) is 5.82 Å². The van der Waals surface area contributed by atoms with Crippen LogP contribution in [-0.2, 0) is 6.54 Å². The molecular formula is C16H17BrFNS. The highest BCUT2D eigenvalue weighted by Gasteiger charge is 2.03. The van der Waals surface area contributed by atoms with E-state index in [4.69, 9.17) is 0 Å². The molecule has 0 saturated carbocycles. The van der Waals surface area contributed by atoms with Crippen LogP contribution in [0, 0.1) is 5.82 Å². The molecule has 0 amide bonds. The lowest BCUT2D eigenvalue weighted by molar-refractivity contribution is 0.626. The first-order valence-electron chi connectivity index (χ1n) is 6.61. The van der Waals surface area contributed by atoms with E-state index in [2.05, 4.69) is 46.4 Å². The van der Waals surface area contributed by atoms with Gasteiger partial charge in [0.25, 0.3) is 0 Å². The van der Waals surface area contributed by atoms with E-state index in [9.17, 15) is 4.39 Å². The van der Waals surface area contributed by atoms with E-state index in [0.717, 1.165) is 33.8 Å². The van der Waals surface area contributed by atoms with E-state index in [1.165, 1.54) is 17.7 Å². The normalized spacial score (nSPS) is 10.8.